The Kier molecular flexibility index (Phi) is 4.49. The van der Waals surface area contributed by atoms with Crippen molar-refractivity contribution in [2.75, 3.05) is 6.61 Å². The molecule has 2 atom stereocenters. The van der Waals surface area contributed by atoms with Crippen LogP contribution in [-0.4, -0.2) is 24.7 Å². The summed E-state index contributed by atoms with van der Waals surface area (Å²) in [7, 11) is 0. The van der Waals surface area contributed by atoms with E-state index in [-0.39, 0.29) is 12.0 Å². The number of nitrogens with one attached hydrogen (secondary N) is 1. The minimum absolute atomic E-state index is 0.178. The summed E-state index contributed by atoms with van der Waals surface area (Å²) in [5.74, 6) is 1.50. The van der Waals surface area contributed by atoms with E-state index in [1.165, 1.54) is 0 Å². The predicted molar refractivity (Wildman–Crippen MR) is 76.9 cm³/mol. The van der Waals surface area contributed by atoms with Crippen LogP contribution in [0.25, 0.3) is 0 Å². The molecule has 1 heterocycles. The van der Waals surface area contributed by atoms with E-state index < -0.39 is 6.04 Å². The molecule has 110 valence electrons. The molecule has 1 aliphatic heterocycles. The van der Waals surface area contributed by atoms with Gasteiger partial charge in [-0.25, -0.2) is 0 Å². The topological polar surface area (TPSA) is 73.6 Å². The Morgan fingerprint density at radius 3 is 3.00 bits per heavy atom. The van der Waals surface area contributed by atoms with Gasteiger partial charge in [-0.15, -0.1) is 0 Å². The van der Waals surface area contributed by atoms with Crippen LogP contribution in [0.15, 0.2) is 12.1 Å². The number of amides is 1. The van der Waals surface area contributed by atoms with Gasteiger partial charge < -0.3 is 20.5 Å². The maximum atomic E-state index is 11.6. The van der Waals surface area contributed by atoms with Crippen LogP contribution in [-0.2, 0) is 17.8 Å². The number of benzene rings is 1. The van der Waals surface area contributed by atoms with E-state index in [1.54, 1.807) is 6.92 Å². The van der Waals surface area contributed by atoms with Crippen LogP contribution in [0.5, 0.6) is 11.5 Å². The van der Waals surface area contributed by atoms with E-state index in [0.29, 0.717) is 13.2 Å². The molecule has 2 rings (SSSR count). The fraction of sp³-hybridized carbons (Fsp3) is 0.533. The third-order valence-corrected chi connectivity index (χ3v) is 3.25. The second-order valence-electron chi connectivity index (χ2n) is 5.14. The highest BCUT2D eigenvalue weighted by Crippen LogP contribution is 2.35. The average Bonchev–Trinajstić information content (AvgIpc) is 2.74. The van der Waals surface area contributed by atoms with Crippen molar-refractivity contribution in [2.45, 2.75) is 45.9 Å². The zero-order chi connectivity index (χ0) is 14.7. The van der Waals surface area contributed by atoms with Gasteiger partial charge in [0.15, 0.2) is 0 Å². The largest absolute Gasteiger partial charge is 0.494 e. The maximum Gasteiger partial charge on any atom is 0.236 e. The SMILES string of the molecule is CCOc1cc2c(cc1CNC(=O)[C@@H](C)N)OC(C)C2. The molecule has 0 saturated heterocycles. The van der Waals surface area contributed by atoms with Crippen molar-refractivity contribution in [3.63, 3.8) is 0 Å². The molecule has 20 heavy (non-hydrogen) atoms. The molecule has 0 radical (unpaired) electrons. The first kappa shape index (κ1) is 14.7. The molecular weight excluding hydrogens is 256 g/mol. The van der Waals surface area contributed by atoms with Gasteiger partial charge in [0.05, 0.1) is 12.6 Å². The van der Waals surface area contributed by atoms with Crippen LogP contribution in [0.4, 0.5) is 0 Å². The molecule has 0 spiro atoms. The van der Waals surface area contributed by atoms with E-state index in [2.05, 4.69) is 5.32 Å². The zero-order valence-electron chi connectivity index (χ0n) is 12.2. The summed E-state index contributed by atoms with van der Waals surface area (Å²) in [6.07, 6.45) is 1.08. The lowest BCUT2D eigenvalue weighted by Gasteiger charge is -2.14. The minimum Gasteiger partial charge on any atom is -0.494 e. The van der Waals surface area contributed by atoms with E-state index in [1.807, 2.05) is 26.0 Å². The van der Waals surface area contributed by atoms with Gasteiger partial charge in [0.1, 0.15) is 17.6 Å². The van der Waals surface area contributed by atoms with Crippen LogP contribution in [0.1, 0.15) is 31.9 Å². The Morgan fingerprint density at radius 1 is 1.60 bits per heavy atom. The summed E-state index contributed by atoms with van der Waals surface area (Å²) in [4.78, 5) is 11.6. The molecule has 1 aromatic carbocycles. The van der Waals surface area contributed by atoms with Crippen molar-refractivity contribution in [1.82, 2.24) is 5.32 Å². The first-order chi connectivity index (χ1) is 9.51. The number of carbonyl (C=O) groups is 1. The van der Waals surface area contributed by atoms with Crippen LogP contribution < -0.4 is 20.5 Å². The Balaban J connectivity index is 2.18. The van der Waals surface area contributed by atoms with Gasteiger partial charge in [-0.1, -0.05) is 0 Å². The maximum absolute atomic E-state index is 11.6. The molecule has 0 aromatic heterocycles. The first-order valence-electron chi connectivity index (χ1n) is 6.99. The standard InChI is InChI=1S/C15H22N2O3/c1-4-19-13-6-11-5-9(2)20-14(11)7-12(13)8-17-15(18)10(3)16/h6-7,9-10H,4-5,8,16H2,1-3H3,(H,17,18)/t9?,10-/m1/s1. The van der Waals surface area contributed by atoms with Crippen molar-refractivity contribution in [3.8, 4) is 11.5 Å². The molecule has 1 amide bonds. The van der Waals surface area contributed by atoms with Crippen LogP contribution in [0, 0.1) is 0 Å². The Bertz CT molecular complexity index is 500. The smallest absolute Gasteiger partial charge is 0.236 e. The molecule has 1 aliphatic rings. The Morgan fingerprint density at radius 2 is 2.35 bits per heavy atom. The lowest BCUT2D eigenvalue weighted by atomic mass is 10.1. The fourth-order valence-electron chi connectivity index (χ4n) is 2.25. The molecule has 1 unspecified atom stereocenters. The highest BCUT2D eigenvalue weighted by atomic mass is 16.5. The van der Waals surface area contributed by atoms with Crippen molar-refractivity contribution in [3.05, 3.63) is 23.3 Å². The number of ether oxygens (including phenoxy) is 2. The van der Waals surface area contributed by atoms with Gasteiger partial charge in [-0.05, 0) is 32.9 Å². The number of nitrogens with two attached hydrogens (primary N) is 1. The van der Waals surface area contributed by atoms with Crippen molar-refractivity contribution >= 4 is 5.91 Å². The van der Waals surface area contributed by atoms with Gasteiger partial charge in [0, 0.05) is 24.1 Å². The van der Waals surface area contributed by atoms with E-state index in [4.69, 9.17) is 15.2 Å². The van der Waals surface area contributed by atoms with Crippen molar-refractivity contribution in [1.29, 1.82) is 0 Å². The van der Waals surface area contributed by atoms with E-state index in [0.717, 1.165) is 29.0 Å². The predicted octanol–water partition coefficient (Wildman–Crippen LogP) is 1.37. The second kappa shape index (κ2) is 6.13. The number of hydrogen-bond acceptors (Lipinski definition) is 4. The van der Waals surface area contributed by atoms with Crippen LogP contribution in [0.3, 0.4) is 0 Å². The normalized spacial score (nSPS) is 18.1. The second-order valence-corrected chi connectivity index (χ2v) is 5.14. The van der Waals surface area contributed by atoms with Gasteiger partial charge >= 0.3 is 0 Å². The van der Waals surface area contributed by atoms with E-state index >= 15 is 0 Å². The third-order valence-electron chi connectivity index (χ3n) is 3.25. The fourth-order valence-corrected chi connectivity index (χ4v) is 2.25. The molecule has 0 saturated carbocycles. The Hall–Kier alpha value is -1.75. The molecular formula is C15H22N2O3. The van der Waals surface area contributed by atoms with Crippen molar-refractivity contribution < 1.29 is 14.3 Å². The van der Waals surface area contributed by atoms with Crippen LogP contribution >= 0.6 is 0 Å². The summed E-state index contributed by atoms with van der Waals surface area (Å²) in [5.41, 5.74) is 7.60. The van der Waals surface area contributed by atoms with Crippen molar-refractivity contribution in [2.24, 2.45) is 5.73 Å². The molecule has 3 N–H and O–H groups in total. The minimum atomic E-state index is -0.517. The van der Waals surface area contributed by atoms with Gasteiger partial charge in [-0.3, -0.25) is 4.79 Å². The quantitative estimate of drug-likeness (QED) is 0.853. The number of carbonyl (C=O) groups excluding carboxylic acids is 1. The van der Waals surface area contributed by atoms with Gasteiger partial charge in [0.2, 0.25) is 5.91 Å². The summed E-state index contributed by atoms with van der Waals surface area (Å²) in [6.45, 7) is 6.62. The third kappa shape index (κ3) is 3.22. The molecule has 0 fully saturated rings. The lowest BCUT2D eigenvalue weighted by molar-refractivity contribution is -0.122. The monoisotopic (exact) mass is 278 g/mol. The lowest BCUT2D eigenvalue weighted by Crippen LogP contribution is -2.37. The van der Waals surface area contributed by atoms with E-state index in [9.17, 15) is 4.79 Å². The summed E-state index contributed by atoms with van der Waals surface area (Å²) in [5, 5.41) is 2.80. The highest BCUT2D eigenvalue weighted by Gasteiger charge is 2.22. The van der Waals surface area contributed by atoms with Gasteiger partial charge in [-0.2, -0.15) is 0 Å². The Labute approximate surface area is 119 Å². The highest BCUT2D eigenvalue weighted by molar-refractivity contribution is 5.81. The average molecular weight is 278 g/mol. The summed E-state index contributed by atoms with van der Waals surface area (Å²) >= 11 is 0. The molecule has 0 aliphatic carbocycles. The van der Waals surface area contributed by atoms with Crippen LogP contribution in [0.2, 0.25) is 0 Å². The summed E-state index contributed by atoms with van der Waals surface area (Å²) in [6, 6.07) is 3.44. The number of rotatable bonds is 5. The molecule has 1 aromatic rings. The zero-order valence-corrected chi connectivity index (χ0v) is 12.2. The number of hydrogen-bond donors (Lipinski definition) is 2. The molecule has 0 bridgehead atoms. The molecule has 5 nitrogen and oxygen atoms in total. The number of fused-ring (bicyclic) bond motifs is 1. The molecule has 5 heteroatoms. The first-order valence-corrected chi connectivity index (χ1v) is 6.99. The van der Waals surface area contributed by atoms with Gasteiger partial charge in [0.25, 0.3) is 0 Å². The summed E-state index contributed by atoms with van der Waals surface area (Å²) < 4.78 is 11.4.